The van der Waals surface area contributed by atoms with Crippen LogP contribution in [0.4, 0.5) is 5.69 Å². The quantitative estimate of drug-likeness (QED) is 0.668. The number of allylic oxidation sites excluding steroid dienone is 3. The van der Waals surface area contributed by atoms with E-state index < -0.39 is 5.92 Å². The molecule has 2 heterocycles. The number of benzene rings is 1. The molecule has 0 fully saturated rings. The molecule has 32 heavy (non-hydrogen) atoms. The molecule has 7 heteroatoms. The van der Waals surface area contributed by atoms with Gasteiger partial charge in [-0.25, -0.2) is 0 Å². The zero-order valence-corrected chi connectivity index (χ0v) is 19.1. The first-order valence-electron chi connectivity index (χ1n) is 10.5. The fourth-order valence-corrected chi connectivity index (χ4v) is 5.06. The van der Waals surface area contributed by atoms with Crippen LogP contribution in [-0.2, 0) is 9.59 Å². The summed E-state index contributed by atoms with van der Waals surface area (Å²) >= 11 is 1.27. The van der Waals surface area contributed by atoms with Crippen molar-refractivity contribution in [2.75, 3.05) is 11.1 Å². The van der Waals surface area contributed by atoms with E-state index in [2.05, 4.69) is 30.6 Å². The fraction of sp³-hybridized carbons (Fsp3) is 0.320. The Hall–Kier alpha value is -3.24. The van der Waals surface area contributed by atoms with Gasteiger partial charge in [-0.2, -0.15) is 5.26 Å². The lowest BCUT2D eigenvalue weighted by molar-refractivity contribution is -0.118. The van der Waals surface area contributed by atoms with Crippen LogP contribution in [0.15, 0.2) is 69.0 Å². The third kappa shape index (κ3) is 4.51. The van der Waals surface area contributed by atoms with Gasteiger partial charge >= 0.3 is 0 Å². The zero-order chi connectivity index (χ0) is 22.9. The fourth-order valence-electron chi connectivity index (χ4n) is 4.20. The van der Waals surface area contributed by atoms with E-state index in [1.165, 1.54) is 11.8 Å². The van der Waals surface area contributed by atoms with Gasteiger partial charge in [0.05, 0.1) is 34.6 Å². The first-order valence-corrected chi connectivity index (χ1v) is 11.5. The van der Waals surface area contributed by atoms with Crippen molar-refractivity contribution in [2.24, 2.45) is 5.41 Å². The summed E-state index contributed by atoms with van der Waals surface area (Å²) < 4.78 is 5.63. The molecule has 6 nitrogen and oxygen atoms in total. The average Bonchev–Trinajstić information content (AvgIpc) is 3.26. The van der Waals surface area contributed by atoms with Gasteiger partial charge in [0.25, 0.3) is 0 Å². The van der Waals surface area contributed by atoms with Crippen LogP contribution in [0.1, 0.15) is 43.9 Å². The van der Waals surface area contributed by atoms with Crippen molar-refractivity contribution in [3.05, 3.63) is 75.9 Å². The molecule has 0 saturated heterocycles. The van der Waals surface area contributed by atoms with Crippen molar-refractivity contribution >= 4 is 29.1 Å². The van der Waals surface area contributed by atoms with E-state index in [0.29, 0.717) is 34.8 Å². The number of hydrogen-bond donors (Lipinski definition) is 2. The molecule has 1 aromatic heterocycles. The van der Waals surface area contributed by atoms with E-state index in [-0.39, 0.29) is 22.9 Å². The lowest BCUT2D eigenvalue weighted by Crippen LogP contribution is -2.37. The molecule has 0 bridgehead atoms. The van der Waals surface area contributed by atoms with Crippen LogP contribution in [-0.4, -0.2) is 17.4 Å². The number of carbonyl (C=O) groups is 2. The van der Waals surface area contributed by atoms with Crippen LogP contribution in [0, 0.1) is 23.7 Å². The van der Waals surface area contributed by atoms with Gasteiger partial charge in [-0.3, -0.25) is 9.59 Å². The molecule has 4 rings (SSSR count). The maximum absolute atomic E-state index is 13.1. The Labute approximate surface area is 191 Å². The number of thioether (sulfide) groups is 1. The Bertz CT molecular complexity index is 1150. The van der Waals surface area contributed by atoms with Crippen LogP contribution in [0.2, 0.25) is 0 Å². The smallest absolute Gasteiger partial charge is 0.234 e. The molecule has 0 unspecified atom stereocenters. The van der Waals surface area contributed by atoms with Gasteiger partial charge < -0.3 is 15.1 Å². The third-order valence-corrected chi connectivity index (χ3v) is 6.65. The number of nitrogens with one attached hydrogen (secondary N) is 2. The number of nitriles is 1. The second kappa shape index (κ2) is 8.71. The largest absolute Gasteiger partial charge is 0.468 e. The molecule has 2 aromatic rings. The van der Waals surface area contributed by atoms with Gasteiger partial charge in [-0.15, -0.1) is 0 Å². The number of carbonyl (C=O) groups excluding carboxylic acids is 2. The second-order valence-electron chi connectivity index (χ2n) is 8.96. The number of hydrogen-bond acceptors (Lipinski definition) is 6. The minimum absolute atomic E-state index is 0.0269. The third-order valence-electron chi connectivity index (χ3n) is 5.64. The molecule has 1 amide bonds. The Morgan fingerprint density at radius 3 is 2.69 bits per heavy atom. The number of anilines is 1. The number of ketones is 1. The Morgan fingerprint density at radius 1 is 1.28 bits per heavy atom. The van der Waals surface area contributed by atoms with Crippen molar-refractivity contribution in [3.63, 3.8) is 0 Å². The maximum Gasteiger partial charge on any atom is 0.234 e. The topological polar surface area (TPSA) is 95.1 Å². The Balaban J connectivity index is 1.60. The van der Waals surface area contributed by atoms with E-state index in [1.807, 2.05) is 31.2 Å². The summed E-state index contributed by atoms with van der Waals surface area (Å²) in [6.07, 6.45) is 2.65. The van der Waals surface area contributed by atoms with E-state index in [9.17, 15) is 14.9 Å². The van der Waals surface area contributed by atoms with Crippen molar-refractivity contribution in [2.45, 2.75) is 39.5 Å². The van der Waals surface area contributed by atoms with Gasteiger partial charge in [0.1, 0.15) is 5.76 Å². The second-order valence-corrected chi connectivity index (χ2v) is 9.95. The molecular weight excluding hydrogens is 422 g/mol. The molecule has 1 aliphatic carbocycles. The number of dihydropyridines is 1. The summed E-state index contributed by atoms with van der Waals surface area (Å²) in [6.45, 7) is 6.11. The minimum Gasteiger partial charge on any atom is -0.468 e. The minimum atomic E-state index is -0.558. The number of Topliss-reactive ketones (excluding diaryl/α,β-unsaturated/α-hetero) is 1. The number of aryl methyl sites for hydroxylation is 1. The van der Waals surface area contributed by atoms with Crippen molar-refractivity contribution in [3.8, 4) is 6.07 Å². The monoisotopic (exact) mass is 447 g/mol. The van der Waals surface area contributed by atoms with E-state index in [0.717, 1.165) is 16.9 Å². The summed E-state index contributed by atoms with van der Waals surface area (Å²) in [6, 6.07) is 13.4. The highest BCUT2D eigenvalue weighted by molar-refractivity contribution is 8.03. The van der Waals surface area contributed by atoms with Crippen molar-refractivity contribution < 1.29 is 14.0 Å². The number of rotatable bonds is 5. The Morgan fingerprint density at radius 2 is 2.03 bits per heavy atom. The van der Waals surface area contributed by atoms with Gasteiger partial charge in [-0.05, 0) is 43.0 Å². The molecule has 164 valence electrons. The van der Waals surface area contributed by atoms with Crippen LogP contribution in [0.3, 0.4) is 0 Å². The van der Waals surface area contributed by atoms with E-state index in [1.54, 1.807) is 18.4 Å². The molecule has 0 saturated carbocycles. The normalized spacial score (nSPS) is 19.8. The van der Waals surface area contributed by atoms with Crippen LogP contribution in [0.5, 0.6) is 0 Å². The standard InChI is InChI=1S/C25H25N3O3S/c1-15-6-8-16(9-7-15)27-21(30)14-32-24-17(13-26)22(20-5-4-10-31-20)23-18(28-24)11-25(2,3)12-19(23)29/h4-10,22,28H,11-12,14H2,1-3H3,(H,27,30)/t22-/m1/s1. The highest BCUT2D eigenvalue weighted by atomic mass is 32.2. The SMILES string of the molecule is Cc1ccc(NC(=O)CSC2=C(C#N)[C@H](c3ccco3)C3=C(CC(C)(C)CC3=O)N2)cc1. The highest BCUT2D eigenvalue weighted by Gasteiger charge is 2.42. The number of furan rings is 1. The van der Waals surface area contributed by atoms with Crippen LogP contribution < -0.4 is 10.6 Å². The lowest BCUT2D eigenvalue weighted by atomic mass is 9.70. The van der Waals surface area contributed by atoms with Gasteiger partial charge in [0.15, 0.2) is 5.78 Å². The molecule has 1 atom stereocenters. The van der Waals surface area contributed by atoms with Crippen LogP contribution in [0.25, 0.3) is 0 Å². The molecule has 0 spiro atoms. The number of amides is 1. The first-order chi connectivity index (χ1) is 15.3. The zero-order valence-electron chi connectivity index (χ0n) is 18.3. The average molecular weight is 448 g/mol. The van der Waals surface area contributed by atoms with Crippen molar-refractivity contribution in [1.29, 1.82) is 5.26 Å². The maximum atomic E-state index is 13.1. The molecule has 2 N–H and O–H groups in total. The highest BCUT2D eigenvalue weighted by Crippen LogP contribution is 2.47. The predicted octanol–water partition coefficient (Wildman–Crippen LogP) is 5.03. The van der Waals surface area contributed by atoms with Gasteiger partial charge in [0.2, 0.25) is 5.91 Å². The number of nitrogens with zero attached hydrogens (tertiary/aromatic N) is 1. The molecule has 1 aliphatic heterocycles. The van der Waals surface area contributed by atoms with E-state index >= 15 is 0 Å². The Kier molecular flexibility index (Phi) is 5.98. The van der Waals surface area contributed by atoms with E-state index in [4.69, 9.17) is 4.42 Å². The molecule has 1 aromatic carbocycles. The summed E-state index contributed by atoms with van der Waals surface area (Å²) in [5.41, 5.74) is 3.48. The van der Waals surface area contributed by atoms with Gasteiger partial charge in [0, 0.05) is 23.4 Å². The summed E-state index contributed by atoms with van der Waals surface area (Å²) in [4.78, 5) is 25.6. The molecule has 2 aliphatic rings. The van der Waals surface area contributed by atoms with Crippen LogP contribution >= 0.6 is 11.8 Å². The molecule has 0 radical (unpaired) electrons. The first kappa shape index (κ1) is 22.0. The predicted molar refractivity (Wildman–Crippen MR) is 125 cm³/mol. The van der Waals surface area contributed by atoms with Gasteiger partial charge in [-0.1, -0.05) is 43.3 Å². The molecular formula is C25H25N3O3S. The van der Waals surface area contributed by atoms with Crippen molar-refractivity contribution in [1.82, 2.24) is 5.32 Å². The summed E-state index contributed by atoms with van der Waals surface area (Å²) in [5.74, 6) is -0.00568. The lowest BCUT2D eigenvalue weighted by Gasteiger charge is -2.38. The summed E-state index contributed by atoms with van der Waals surface area (Å²) in [7, 11) is 0. The summed E-state index contributed by atoms with van der Waals surface area (Å²) in [5, 5.41) is 16.8.